The van der Waals surface area contributed by atoms with Crippen molar-refractivity contribution in [2.24, 2.45) is 0 Å². The predicted octanol–water partition coefficient (Wildman–Crippen LogP) is 6.25. The van der Waals surface area contributed by atoms with E-state index in [1.807, 2.05) is 5.38 Å². The Morgan fingerprint density at radius 2 is 1.90 bits per heavy atom. The van der Waals surface area contributed by atoms with Crippen LogP contribution in [0, 0.1) is 0 Å². The maximum atomic E-state index is 13.0. The Labute approximate surface area is 128 Å². The van der Waals surface area contributed by atoms with Gasteiger partial charge in [0.15, 0.2) is 0 Å². The number of benzene rings is 1. The highest BCUT2D eigenvalue weighted by atomic mass is 35.5. The van der Waals surface area contributed by atoms with Gasteiger partial charge >= 0.3 is 6.18 Å². The van der Waals surface area contributed by atoms with Crippen LogP contribution >= 0.6 is 34.5 Å². The lowest BCUT2D eigenvalue weighted by Crippen LogP contribution is -2.13. The fraction of sp³-hybridized carbons (Fsp3) is 0.231. The maximum absolute atomic E-state index is 13.0. The quantitative estimate of drug-likeness (QED) is 0.697. The molecule has 1 atom stereocenters. The maximum Gasteiger partial charge on any atom is 0.418 e. The summed E-state index contributed by atoms with van der Waals surface area (Å²) in [6.45, 7) is 1.77. The normalized spacial score (nSPS) is 13.3. The molecule has 0 radical (unpaired) electrons. The lowest BCUT2D eigenvalue weighted by Gasteiger charge is -2.19. The van der Waals surface area contributed by atoms with Crippen molar-refractivity contribution in [3.8, 4) is 0 Å². The highest BCUT2D eigenvalue weighted by Crippen LogP contribution is 2.38. The zero-order chi connectivity index (χ0) is 14.9. The molecule has 0 amide bonds. The van der Waals surface area contributed by atoms with E-state index in [0.717, 1.165) is 11.6 Å². The molecule has 2 rings (SSSR count). The van der Waals surface area contributed by atoms with Gasteiger partial charge in [0.2, 0.25) is 0 Å². The molecule has 1 heterocycles. The van der Waals surface area contributed by atoms with Crippen molar-refractivity contribution in [2.75, 3.05) is 5.32 Å². The number of hydrogen-bond acceptors (Lipinski definition) is 2. The van der Waals surface area contributed by atoms with Crippen molar-refractivity contribution in [3.05, 3.63) is 50.1 Å². The Hall–Kier alpha value is -0.910. The van der Waals surface area contributed by atoms with Gasteiger partial charge in [-0.05, 0) is 42.1 Å². The Bertz CT molecular complexity index is 610. The monoisotopic (exact) mass is 339 g/mol. The minimum Gasteiger partial charge on any atom is -0.378 e. The molecule has 1 N–H and O–H groups in total. The van der Waals surface area contributed by atoms with Gasteiger partial charge in [-0.1, -0.05) is 23.2 Å². The topological polar surface area (TPSA) is 12.0 Å². The molecule has 1 aromatic heterocycles. The van der Waals surface area contributed by atoms with E-state index in [1.165, 1.54) is 23.5 Å². The summed E-state index contributed by atoms with van der Waals surface area (Å²) in [4.78, 5) is 0. The van der Waals surface area contributed by atoms with E-state index in [1.54, 1.807) is 13.0 Å². The van der Waals surface area contributed by atoms with Crippen LogP contribution in [0.15, 0.2) is 29.6 Å². The van der Waals surface area contributed by atoms with Gasteiger partial charge in [0.25, 0.3) is 0 Å². The molecule has 0 saturated heterocycles. The van der Waals surface area contributed by atoms with Gasteiger partial charge in [-0.25, -0.2) is 0 Å². The molecule has 0 spiro atoms. The molecule has 1 aromatic carbocycles. The number of hydrogen-bond donors (Lipinski definition) is 1. The SMILES string of the molecule is CC(Nc1ccc(Cl)cc1C(F)(F)F)c1csc(Cl)c1. The minimum absolute atomic E-state index is 0.00303. The van der Waals surface area contributed by atoms with E-state index in [4.69, 9.17) is 23.2 Å². The van der Waals surface area contributed by atoms with E-state index in [0.29, 0.717) is 4.34 Å². The first-order valence-electron chi connectivity index (χ1n) is 5.64. The van der Waals surface area contributed by atoms with Crippen LogP contribution in [0.2, 0.25) is 9.36 Å². The summed E-state index contributed by atoms with van der Waals surface area (Å²) in [5, 5.41) is 4.70. The third kappa shape index (κ3) is 3.59. The number of nitrogens with one attached hydrogen (secondary N) is 1. The number of anilines is 1. The zero-order valence-electron chi connectivity index (χ0n) is 10.3. The fourth-order valence-corrected chi connectivity index (χ4v) is 2.90. The second kappa shape index (κ2) is 5.84. The van der Waals surface area contributed by atoms with Crippen LogP contribution in [0.4, 0.5) is 18.9 Å². The van der Waals surface area contributed by atoms with Crippen molar-refractivity contribution in [3.63, 3.8) is 0 Å². The van der Waals surface area contributed by atoms with E-state index in [9.17, 15) is 13.2 Å². The molecule has 0 aliphatic heterocycles. The van der Waals surface area contributed by atoms with Gasteiger partial charge < -0.3 is 5.32 Å². The molecule has 2 aromatic rings. The number of thiophene rings is 1. The molecule has 7 heteroatoms. The van der Waals surface area contributed by atoms with Crippen LogP contribution < -0.4 is 5.32 Å². The van der Waals surface area contributed by atoms with Crippen molar-refractivity contribution >= 4 is 40.2 Å². The molecular weight excluding hydrogens is 330 g/mol. The number of halogens is 5. The summed E-state index contributed by atoms with van der Waals surface area (Å²) in [6, 6.07) is 5.10. The lowest BCUT2D eigenvalue weighted by molar-refractivity contribution is -0.137. The highest BCUT2D eigenvalue weighted by molar-refractivity contribution is 7.14. The average Bonchev–Trinajstić information content (AvgIpc) is 2.77. The van der Waals surface area contributed by atoms with Crippen LogP contribution in [0.1, 0.15) is 24.1 Å². The summed E-state index contributed by atoms with van der Waals surface area (Å²) in [5.74, 6) is 0. The van der Waals surface area contributed by atoms with E-state index in [2.05, 4.69) is 5.32 Å². The molecule has 20 heavy (non-hydrogen) atoms. The second-order valence-corrected chi connectivity index (χ2v) is 6.22. The standard InChI is InChI=1S/C13H10Cl2F3NS/c1-7(8-4-12(15)20-6-8)19-11-3-2-9(14)5-10(11)13(16,17)18/h2-7,19H,1H3. The first-order valence-corrected chi connectivity index (χ1v) is 7.28. The van der Waals surface area contributed by atoms with E-state index in [-0.39, 0.29) is 16.8 Å². The Balaban J connectivity index is 2.29. The van der Waals surface area contributed by atoms with Crippen molar-refractivity contribution in [1.29, 1.82) is 0 Å². The highest BCUT2D eigenvalue weighted by Gasteiger charge is 2.34. The van der Waals surface area contributed by atoms with Gasteiger partial charge in [-0.15, -0.1) is 11.3 Å². The Morgan fingerprint density at radius 3 is 2.45 bits per heavy atom. The van der Waals surface area contributed by atoms with Crippen molar-refractivity contribution in [2.45, 2.75) is 19.1 Å². The van der Waals surface area contributed by atoms with Crippen LogP contribution in [0.5, 0.6) is 0 Å². The summed E-state index contributed by atoms with van der Waals surface area (Å²) < 4.78 is 39.5. The van der Waals surface area contributed by atoms with Crippen molar-refractivity contribution in [1.82, 2.24) is 0 Å². The molecule has 0 bridgehead atoms. The van der Waals surface area contributed by atoms with E-state index < -0.39 is 11.7 Å². The van der Waals surface area contributed by atoms with E-state index >= 15 is 0 Å². The minimum atomic E-state index is -4.46. The van der Waals surface area contributed by atoms with Gasteiger partial charge in [0, 0.05) is 16.8 Å². The average molecular weight is 340 g/mol. The summed E-state index contributed by atoms with van der Waals surface area (Å²) in [5.41, 5.74) is 0.0537. The fourth-order valence-electron chi connectivity index (χ4n) is 1.74. The molecular formula is C13H10Cl2F3NS. The second-order valence-electron chi connectivity index (χ2n) is 4.24. The molecule has 0 saturated carbocycles. The summed E-state index contributed by atoms with van der Waals surface area (Å²) in [6.07, 6.45) is -4.46. The first-order chi connectivity index (χ1) is 9.27. The van der Waals surface area contributed by atoms with Gasteiger partial charge in [0.1, 0.15) is 0 Å². The number of alkyl halides is 3. The number of rotatable bonds is 3. The largest absolute Gasteiger partial charge is 0.418 e. The van der Waals surface area contributed by atoms with Gasteiger partial charge in [-0.3, -0.25) is 0 Å². The Kier molecular flexibility index (Phi) is 4.52. The lowest BCUT2D eigenvalue weighted by atomic mass is 10.1. The molecule has 0 aliphatic carbocycles. The molecule has 0 aliphatic rings. The molecule has 1 nitrogen and oxygen atoms in total. The molecule has 0 fully saturated rings. The predicted molar refractivity (Wildman–Crippen MR) is 77.8 cm³/mol. The third-order valence-corrected chi connectivity index (χ3v) is 4.09. The Morgan fingerprint density at radius 1 is 1.20 bits per heavy atom. The van der Waals surface area contributed by atoms with Crippen molar-refractivity contribution < 1.29 is 13.2 Å². The summed E-state index contributed by atoms with van der Waals surface area (Å²) >= 11 is 12.8. The van der Waals surface area contributed by atoms with Crippen LogP contribution in [0.3, 0.4) is 0 Å². The van der Waals surface area contributed by atoms with Gasteiger partial charge in [0.05, 0.1) is 9.90 Å². The first kappa shape index (κ1) is 15.5. The molecule has 108 valence electrons. The van der Waals surface area contributed by atoms with Gasteiger partial charge in [-0.2, -0.15) is 13.2 Å². The third-order valence-electron chi connectivity index (χ3n) is 2.75. The molecule has 1 unspecified atom stereocenters. The summed E-state index contributed by atoms with van der Waals surface area (Å²) in [7, 11) is 0. The zero-order valence-corrected chi connectivity index (χ0v) is 12.6. The smallest absolute Gasteiger partial charge is 0.378 e. The van der Waals surface area contributed by atoms with Crippen LogP contribution in [-0.4, -0.2) is 0 Å². The van der Waals surface area contributed by atoms with Crippen LogP contribution in [-0.2, 0) is 6.18 Å². The van der Waals surface area contributed by atoms with Crippen LogP contribution in [0.25, 0.3) is 0 Å².